The van der Waals surface area contributed by atoms with Crippen molar-refractivity contribution in [2.75, 3.05) is 13.2 Å². The van der Waals surface area contributed by atoms with E-state index in [-0.39, 0.29) is 12.5 Å². The molecular formula is C20H25NO2. The van der Waals surface area contributed by atoms with E-state index in [1.807, 2.05) is 30.3 Å². The van der Waals surface area contributed by atoms with Gasteiger partial charge in [0.1, 0.15) is 5.75 Å². The van der Waals surface area contributed by atoms with Gasteiger partial charge in [0.15, 0.2) is 6.61 Å². The van der Waals surface area contributed by atoms with Crippen LogP contribution in [-0.4, -0.2) is 19.1 Å². The van der Waals surface area contributed by atoms with Crippen LogP contribution in [0, 0.1) is 6.92 Å². The molecule has 0 unspecified atom stereocenters. The smallest absolute Gasteiger partial charge is 0.257 e. The molecule has 2 aromatic carbocycles. The highest BCUT2D eigenvalue weighted by molar-refractivity contribution is 5.77. The van der Waals surface area contributed by atoms with Gasteiger partial charge in [-0.05, 0) is 48.1 Å². The summed E-state index contributed by atoms with van der Waals surface area (Å²) in [6.07, 6.45) is 0.828. The van der Waals surface area contributed by atoms with E-state index < -0.39 is 0 Å². The first-order chi connectivity index (χ1) is 11.1. The minimum atomic E-state index is -0.0912. The molecule has 0 fully saturated rings. The van der Waals surface area contributed by atoms with E-state index in [1.54, 1.807) is 0 Å². The fourth-order valence-electron chi connectivity index (χ4n) is 2.58. The molecule has 0 atom stereocenters. The van der Waals surface area contributed by atoms with Gasteiger partial charge in [0.25, 0.3) is 5.91 Å². The molecule has 2 rings (SSSR count). The molecule has 3 nitrogen and oxygen atoms in total. The van der Waals surface area contributed by atoms with Crippen molar-refractivity contribution in [3.05, 3.63) is 65.2 Å². The lowest BCUT2D eigenvalue weighted by Gasteiger charge is -2.12. The lowest BCUT2D eigenvalue weighted by Crippen LogP contribution is -2.30. The predicted molar refractivity (Wildman–Crippen MR) is 93.9 cm³/mol. The molecule has 1 amide bonds. The van der Waals surface area contributed by atoms with Crippen LogP contribution in [0.15, 0.2) is 48.5 Å². The molecule has 0 saturated heterocycles. The predicted octanol–water partition coefficient (Wildman–Crippen LogP) is 3.86. The monoisotopic (exact) mass is 311 g/mol. The number of hydrogen-bond donors (Lipinski definition) is 1. The summed E-state index contributed by atoms with van der Waals surface area (Å²) >= 11 is 0. The Labute approximate surface area is 138 Å². The number of aryl methyl sites for hydroxylation is 1. The number of benzene rings is 2. The Balaban J connectivity index is 1.75. The lowest BCUT2D eigenvalue weighted by atomic mass is 9.98. The molecule has 0 radical (unpaired) electrons. The van der Waals surface area contributed by atoms with E-state index in [2.05, 4.69) is 44.3 Å². The Bertz CT molecular complexity index is 635. The molecule has 23 heavy (non-hydrogen) atoms. The largest absolute Gasteiger partial charge is 0.484 e. The van der Waals surface area contributed by atoms with Gasteiger partial charge >= 0.3 is 0 Å². The molecule has 0 aliphatic heterocycles. The zero-order valence-electron chi connectivity index (χ0n) is 14.1. The highest BCUT2D eigenvalue weighted by atomic mass is 16.5. The van der Waals surface area contributed by atoms with Crippen molar-refractivity contribution < 1.29 is 9.53 Å². The minimum absolute atomic E-state index is 0.0508. The Morgan fingerprint density at radius 2 is 1.87 bits per heavy atom. The summed E-state index contributed by atoms with van der Waals surface area (Å²) in [4.78, 5) is 11.8. The van der Waals surface area contributed by atoms with E-state index in [0.717, 1.165) is 12.2 Å². The second-order valence-electron chi connectivity index (χ2n) is 6.05. The summed E-state index contributed by atoms with van der Waals surface area (Å²) in [5, 5.41) is 2.88. The molecule has 0 bridgehead atoms. The van der Waals surface area contributed by atoms with E-state index in [9.17, 15) is 4.79 Å². The van der Waals surface area contributed by atoms with Crippen molar-refractivity contribution in [1.29, 1.82) is 0 Å². The van der Waals surface area contributed by atoms with Crippen molar-refractivity contribution in [3.8, 4) is 5.75 Å². The average molecular weight is 311 g/mol. The van der Waals surface area contributed by atoms with Gasteiger partial charge in [-0.2, -0.15) is 0 Å². The molecule has 3 heteroatoms. The Hall–Kier alpha value is -2.29. The molecule has 0 aliphatic rings. The fourth-order valence-corrected chi connectivity index (χ4v) is 2.58. The van der Waals surface area contributed by atoms with Crippen LogP contribution >= 0.6 is 0 Å². The lowest BCUT2D eigenvalue weighted by molar-refractivity contribution is -0.123. The second kappa shape index (κ2) is 8.37. The van der Waals surface area contributed by atoms with E-state index in [4.69, 9.17) is 4.74 Å². The second-order valence-corrected chi connectivity index (χ2v) is 6.05. The summed E-state index contributed by atoms with van der Waals surface area (Å²) < 4.78 is 5.57. The third-order valence-electron chi connectivity index (χ3n) is 3.81. The molecular weight excluding hydrogens is 286 g/mol. The minimum Gasteiger partial charge on any atom is -0.484 e. The molecule has 122 valence electrons. The standard InChI is InChI=1S/C20H25NO2/c1-15(2)19-10-9-18(13-16(19)3)23-14-20(22)21-12-11-17-7-5-4-6-8-17/h4-10,13,15H,11-12,14H2,1-3H3,(H,21,22). The van der Waals surface area contributed by atoms with Crippen LogP contribution in [0.4, 0.5) is 0 Å². The van der Waals surface area contributed by atoms with Crippen molar-refractivity contribution in [2.24, 2.45) is 0 Å². The first-order valence-electron chi connectivity index (χ1n) is 8.10. The topological polar surface area (TPSA) is 38.3 Å². The summed E-state index contributed by atoms with van der Waals surface area (Å²) in [7, 11) is 0. The van der Waals surface area contributed by atoms with Crippen molar-refractivity contribution in [2.45, 2.75) is 33.1 Å². The number of amides is 1. The van der Waals surface area contributed by atoms with Crippen LogP contribution in [-0.2, 0) is 11.2 Å². The number of rotatable bonds is 7. The van der Waals surface area contributed by atoms with Crippen LogP contribution in [0.3, 0.4) is 0 Å². The number of carbonyl (C=O) groups is 1. The van der Waals surface area contributed by atoms with Crippen LogP contribution in [0.5, 0.6) is 5.75 Å². The number of nitrogens with one attached hydrogen (secondary N) is 1. The van der Waals surface area contributed by atoms with Crippen molar-refractivity contribution in [3.63, 3.8) is 0 Å². The van der Waals surface area contributed by atoms with Gasteiger partial charge < -0.3 is 10.1 Å². The molecule has 0 aliphatic carbocycles. The summed E-state index contributed by atoms with van der Waals surface area (Å²) in [5.41, 5.74) is 3.72. The Morgan fingerprint density at radius 1 is 1.13 bits per heavy atom. The molecule has 0 heterocycles. The quantitative estimate of drug-likeness (QED) is 0.843. The van der Waals surface area contributed by atoms with E-state index in [1.165, 1.54) is 16.7 Å². The zero-order chi connectivity index (χ0) is 16.7. The fraction of sp³-hybridized carbons (Fsp3) is 0.350. The maximum Gasteiger partial charge on any atom is 0.257 e. The summed E-state index contributed by atoms with van der Waals surface area (Å²) in [6.45, 7) is 7.08. The number of carbonyl (C=O) groups excluding carboxylic acids is 1. The van der Waals surface area contributed by atoms with Crippen LogP contribution in [0.1, 0.15) is 36.5 Å². The third kappa shape index (κ3) is 5.44. The average Bonchev–Trinajstić information content (AvgIpc) is 2.53. The van der Waals surface area contributed by atoms with Gasteiger partial charge in [0.2, 0.25) is 0 Å². The third-order valence-corrected chi connectivity index (χ3v) is 3.81. The van der Waals surface area contributed by atoms with Gasteiger partial charge in [-0.3, -0.25) is 4.79 Å². The SMILES string of the molecule is Cc1cc(OCC(=O)NCCc2ccccc2)ccc1C(C)C. The van der Waals surface area contributed by atoms with Gasteiger partial charge in [-0.15, -0.1) is 0 Å². The number of hydrogen-bond acceptors (Lipinski definition) is 2. The maximum absolute atomic E-state index is 11.8. The van der Waals surface area contributed by atoms with E-state index >= 15 is 0 Å². The molecule has 0 saturated carbocycles. The van der Waals surface area contributed by atoms with Crippen LogP contribution in [0.25, 0.3) is 0 Å². The highest BCUT2D eigenvalue weighted by Gasteiger charge is 2.06. The van der Waals surface area contributed by atoms with Crippen LogP contribution in [0.2, 0.25) is 0 Å². The number of ether oxygens (including phenoxy) is 1. The van der Waals surface area contributed by atoms with Gasteiger partial charge in [0, 0.05) is 6.54 Å². The first-order valence-corrected chi connectivity index (χ1v) is 8.10. The molecule has 2 aromatic rings. The zero-order valence-corrected chi connectivity index (χ0v) is 14.1. The van der Waals surface area contributed by atoms with Crippen molar-refractivity contribution in [1.82, 2.24) is 5.32 Å². The van der Waals surface area contributed by atoms with Gasteiger partial charge in [-0.1, -0.05) is 50.2 Å². The normalized spacial score (nSPS) is 10.6. The van der Waals surface area contributed by atoms with Crippen molar-refractivity contribution >= 4 is 5.91 Å². The molecule has 0 spiro atoms. The Kier molecular flexibility index (Phi) is 6.21. The van der Waals surface area contributed by atoms with E-state index in [0.29, 0.717) is 12.5 Å². The summed E-state index contributed by atoms with van der Waals surface area (Å²) in [5.74, 6) is 1.14. The maximum atomic E-state index is 11.8. The Morgan fingerprint density at radius 3 is 2.52 bits per heavy atom. The summed E-state index contributed by atoms with van der Waals surface area (Å²) in [6, 6.07) is 16.1. The molecule has 0 aromatic heterocycles. The highest BCUT2D eigenvalue weighted by Crippen LogP contribution is 2.23. The first kappa shape index (κ1) is 17.1. The van der Waals surface area contributed by atoms with Gasteiger partial charge in [-0.25, -0.2) is 0 Å². The van der Waals surface area contributed by atoms with Crippen LogP contribution < -0.4 is 10.1 Å². The van der Waals surface area contributed by atoms with Gasteiger partial charge in [0.05, 0.1) is 0 Å². The molecule has 1 N–H and O–H groups in total.